The summed E-state index contributed by atoms with van der Waals surface area (Å²) in [4.78, 5) is 22.0. The lowest BCUT2D eigenvalue weighted by Gasteiger charge is -1.99. The lowest BCUT2D eigenvalue weighted by molar-refractivity contribution is 0.0679. The van der Waals surface area contributed by atoms with Crippen molar-refractivity contribution in [2.24, 2.45) is 7.05 Å². The van der Waals surface area contributed by atoms with Crippen LogP contribution in [0.3, 0.4) is 0 Å². The minimum atomic E-state index is -1.02. The van der Waals surface area contributed by atoms with E-state index in [1.54, 1.807) is 24.6 Å². The van der Waals surface area contributed by atoms with Gasteiger partial charge >= 0.3 is 11.9 Å². The van der Waals surface area contributed by atoms with Crippen molar-refractivity contribution in [1.82, 2.24) is 4.57 Å². The molecule has 2 rings (SSSR count). The fourth-order valence-corrected chi connectivity index (χ4v) is 2.07. The molecule has 0 unspecified atom stereocenters. The molecule has 1 aromatic heterocycles. The monoisotopic (exact) mass is 233 g/mol. The second-order valence-corrected chi connectivity index (χ2v) is 3.87. The van der Waals surface area contributed by atoms with Crippen LogP contribution in [-0.4, -0.2) is 26.7 Å². The summed E-state index contributed by atoms with van der Waals surface area (Å²) in [6, 6.07) is 4.59. The van der Waals surface area contributed by atoms with Gasteiger partial charge in [0.25, 0.3) is 0 Å². The number of hydrogen-bond donors (Lipinski definition) is 2. The molecule has 1 aromatic carbocycles. The van der Waals surface area contributed by atoms with Gasteiger partial charge in [-0.2, -0.15) is 0 Å². The molecule has 0 bridgehead atoms. The van der Waals surface area contributed by atoms with Crippen LogP contribution < -0.4 is 0 Å². The van der Waals surface area contributed by atoms with Gasteiger partial charge in [0, 0.05) is 18.0 Å². The van der Waals surface area contributed by atoms with Crippen molar-refractivity contribution in [3.63, 3.8) is 0 Å². The molecule has 0 aliphatic rings. The van der Waals surface area contributed by atoms with E-state index in [9.17, 15) is 9.59 Å². The van der Waals surface area contributed by atoms with Crippen LogP contribution in [0.15, 0.2) is 18.2 Å². The van der Waals surface area contributed by atoms with Gasteiger partial charge in [0.1, 0.15) is 5.69 Å². The van der Waals surface area contributed by atoms with E-state index in [4.69, 9.17) is 10.2 Å². The lowest BCUT2D eigenvalue weighted by Crippen LogP contribution is -2.05. The van der Waals surface area contributed by atoms with Crippen molar-refractivity contribution in [3.8, 4) is 0 Å². The molecular formula is C12H11NO4. The molecule has 0 saturated heterocycles. The van der Waals surface area contributed by atoms with Gasteiger partial charge in [0.05, 0.1) is 5.56 Å². The summed E-state index contributed by atoms with van der Waals surface area (Å²) in [5, 5.41) is 18.6. The molecular weight excluding hydrogens is 222 g/mol. The van der Waals surface area contributed by atoms with Crippen LogP contribution in [0.5, 0.6) is 0 Å². The second kappa shape index (κ2) is 3.62. The molecule has 17 heavy (non-hydrogen) atoms. The van der Waals surface area contributed by atoms with Gasteiger partial charge in [-0.05, 0) is 30.7 Å². The van der Waals surface area contributed by atoms with Gasteiger partial charge in [-0.25, -0.2) is 9.59 Å². The van der Waals surface area contributed by atoms with Gasteiger partial charge in [0.15, 0.2) is 0 Å². The van der Waals surface area contributed by atoms with E-state index < -0.39 is 11.9 Å². The number of aryl methyl sites for hydroxylation is 2. The zero-order chi connectivity index (χ0) is 12.7. The number of rotatable bonds is 2. The maximum absolute atomic E-state index is 11.1. The largest absolute Gasteiger partial charge is 0.478 e. The molecule has 0 spiro atoms. The Morgan fingerprint density at radius 2 is 1.82 bits per heavy atom. The summed E-state index contributed by atoms with van der Waals surface area (Å²) in [5.74, 6) is -2.04. The van der Waals surface area contributed by atoms with E-state index >= 15 is 0 Å². The molecule has 5 heteroatoms. The Bertz CT molecular complexity index is 639. The van der Waals surface area contributed by atoms with Gasteiger partial charge in [-0.1, -0.05) is 0 Å². The Morgan fingerprint density at radius 1 is 1.18 bits per heavy atom. The summed E-state index contributed by atoms with van der Waals surface area (Å²) in [7, 11) is 1.65. The quantitative estimate of drug-likeness (QED) is 0.830. The van der Waals surface area contributed by atoms with E-state index in [0.717, 1.165) is 0 Å². The zero-order valence-corrected chi connectivity index (χ0v) is 9.39. The molecule has 1 heterocycles. The van der Waals surface area contributed by atoms with Crippen LogP contribution >= 0.6 is 0 Å². The SMILES string of the molecule is Cc1c(C(=O)O)n(C)c2ccc(C(=O)O)cc12. The molecule has 0 fully saturated rings. The maximum atomic E-state index is 11.1. The highest BCUT2D eigenvalue weighted by atomic mass is 16.4. The second-order valence-electron chi connectivity index (χ2n) is 3.87. The van der Waals surface area contributed by atoms with Crippen molar-refractivity contribution >= 4 is 22.8 Å². The standard InChI is InChI=1S/C12H11NO4/c1-6-8-5-7(11(14)15)3-4-9(8)13(2)10(6)12(16)17/h3-5H,1-2H3,(H,14,15)(H,16,17). The maximum Gasteiger partial charge on any atom is 0.352 e. The summed E-state index contributed by atoms with van der Waals surface area (Å²) in [6.07, 6.45) is 0. The normalized spacial score (nSPS) is 10.7. The Balaban J connectivity index is 2.84. The Morgan fingerprint density at radius 3 is 2.35 bits per heavy atom. The minimum absolute atomic E-state index is 0.156. The van der Waals surface area contributed by atoms with Gasteiger partial charge in [0.2, 0.25) is 0 Å². The van der Waals surface area contributed by atoms with Crippen LogP contribution in [0.25, 0.3) is 10.9 Å². The average molecular weight is 233 g/mol. The first-order valence-electron chi connectivity index (χ1n) is 4.99. The first-order valence-corrected chi connectivity index (χ1v) is 4.99. The highest BCUT2D eigenvalue weighted by Crippen LogP contribution is 2.25. The van der Waals surface area contributed by atoms with Gasteiger partial charge in [-0.3, -0.25) is 0 Å². The van der Waals surface area contributed by atoms with Crippen molar-refractivity contribution in [2.75, 3.05) is 0 Å². The van der Waals surface area contributed by atoms with Crippen LogP contribution in [0.2, 0.25) is 0 Å². The Labute approximate surface area is 96.9 Å². The van der Waals surface area contributed by atoms with E-state index in [2.05, 4.69) is 0 Å². The molecule has 5 nitrogen and oxygen atoms in total. The smallest absolute Gasteiger partial charge is 0.352 e. The molecule has 0 aliphatic carbocycles. The first-order chi connectivity index (χ1) is 7.93. The van der Waals surface area contributed by atoms with Crippen LogP contribution in [-0.2, 0) is 7.05 Å². The zero-order valence-electron chi connectivity index (χ0n) is 9.39. The van der Waals surface area contributed by atoms with Gasteiger partial charge in [-0.15, -0.1) is 0 Å². The third kappa shape index (κ3) is 1.56. The molecule has 2 N–H and O–H groups in total. The number of fused-ring (bicyclic) bond motifs is 1. The molecule has 0 amide bonds. The van der Waals surface area contributed by atoms with E-state index in [1.165, 1.54) is 12.1 Å². The minimum Gasteiger partial charge on any atom is -0.478 e. The van der Waals surface area contributed by atoms with Crippen molar-refractivity contribution in [1.29, 1.82) is 0 Å². The fraction of sp³-hybridized carbons (Fsp3) is 0.167. The average Bonchev–Trinajstić information content (AvgIpc) is 2.51. The van der Waals surface area contributed by atoms with Gasteiger partial charge < -0.3 is 14.8 Å². The van der Waals surface area contributed by atoms with E-state index in [1.807, 2.05) is 0 Å². The molecule has 0 atom stereocenters. The number of carboxylic acid groups (broad SMARTS) is 2. The van der Waals surface area contributed by atoms with Crippen LogP contribution in [0, 0.1) is 6.92 Å². The number of nitrogens with zero attached hydrogens (tertiary/aromatic N) is 1. The number of aromatic carboxylic acids is 2. The number of carboxylic acids is 2. The Hall–Kier alpha value is -2.30. The van der Waals surface area contributed by atoms with E-state index in [-0.39, 0.29) is 11.3 Å². The lowest BCUT2D eigenvalue weighted by atomic mass is 10.1. The first kappa shape index (κ1) is 11.2. The van der Waals surface area contributed by atoms with Crippen LogP contribution in [0.4, 0.5) is 0 Å². The molecule has 0 aliphatic heterocycles. The summed E-state index contributed by atoms with van der Waals surface area (Å²) in [5.41, 5.74) is 1.63. The Kier molecular flexibility index (Phi) is 2.38. The summed E-state index contributed by atoms with van der Waals surface area (Å²) in [6.45, 7) is 1.68. The third-order valence-electron chi connectivity index (χ3n) is 2.90. The number of hydrogen-bond acceptors (Lipinski definition) is 2. The highest BCUT2D eigenvalue weighted by molar-refractivity contribution is 6.00. The number of aromatic nitrogens is 1. The third-order valence-corrected chi connectivity index (χ3v) is 2.90. The molecule has 0 radical (unpaired) electrons. The van der Waals surface area contributed by atoms with E-state index in [0.29, 0.717) is 16.5 Å². The van der Waals surface area contributed by atoms with Crippen molar-refractivity contribution < 1.29 is 19.8 Å². The summed E-state index contributed by atoms with van der Waals surface area (Å²) < 4.78 is 1.55. The molecule has 2 aromatic rings. The van der Waals surface area contributed by atoms with Crippen molar-refractivity contribution in [2.45, 2.75) is 6.92 Å². The highest BCUT2D eigenvalue weighted by Gasteiger charge is 2.18. The molecule has 88 valence electrons. The van der Waals surface area contributed by atoms with Crippen LogP contribution in [0.1, 0.15) is 26.4 Å². The summed E-state index contributed by atoms with van der Waals surface area (Å²) >= 11 is 0. The number of benzene rings is 1. The topological polar surface area (TPSA) is 79.5 Å². The predicted octanol–water partition coefficient (Wildman–Crippen LogP) is 1.88. The fourth-order valence-electron chi connectivity index (χ4n) is 2.07. The molecule has 0 saturated carbocycles. The number of carbonyl (C=O) groups is 2. The van der Waals surface area contributed by atoms with Crippen molar-refractivity contribution in [3.05, 3.63) is 35.0 Å². The predicted molar refractivity (Wildman–Crippen MR) is 61.6 cm³/mol.